The first kappa shape index (κ1) is 17.8. The molecule has 0 aromatic carbocycles. The highest BCUT2D eigenvalue weighted by Gasteiger charge is 2.19. The van der Waals surface area contributed by atoms with Gasteiger partial charge in [0.1, 0.15) is 5.76 Å². The number of nitrogens with one attached hydrogen (secondary N) is 1. The molecule has 0 saturated heterocycles. The molecule has 0 fully saturated rings. The van der Waals surface area contributed by atoms with Crippen LogP contribution in [-0.4, -0.2) is 25.8 Å². The van der Waals surface area contributed by atoms with Crippen molar-refractivity contribution >= 4 is 5.91 Å². The molecule has 0 radical (unpaired) electrons. The Labute approximate surface area is 152 Å². The van der Waals surface area contributed by atoms with E-state index >= 15 is 0 Å². The Morgan fingerprint density at radius 2 is 2.12 bits per heavy atom. The van der Waals surface area contributed by atoms with Crippen LogP contribution in [0.4, 0.5) is 0 Å². The zero-order chi connectivity index (χ0) is 18.7. The monoisotopic (exact) mass is 353 g/mol. The van der Waals surface area contributed by atoms with Gasteiger partial charge in [0.2, 0.25) is 0 Å². The number of pyridine rings is 1. The molecule has 7 heteroatoms. The third-order valence-corrected chi connectivity index (χ3v) is 4.13. The van der Waals surface area contributed by atoms with Gasteiger partial charge in [-0.25, -0.2) is 9.67 Å². The summed E-state index contributed by atoms with van der Waals surface area (Å²) in [5, 5.41) is 11.2. The fourth-order valence-corrected chi connectivity index (χ4v) is 2.82. The standard InChI is InChI=1S/C19H23N5O2/c1-12(2)9-15-10-17(23-26-15)19(25)22-13(3)16-11-21-24(14(16)4)18-7-5-6-8-20-18/h5-8,10-13H,9H2,1-4H3,(H,22,25)/t13-/m1/s1. The van der Waals surface area contributed by atoms with Crippen molar-refractivity contribution in [2.75, 3.05) is 0 Å². The highest BCUT2D eigenvalue weighted by Crippen LogP contribution is 2.20. The van der Waals surface area contributed by atoms with Crippen LogP contribution in [0, 0.1) is 12.8 Å². The molecule has 0 unspecified atom stereocenters. The van der Waals surface area contributed by atoms with Gasteiger partial charge in [-0.1, -0.05) is 25.1 Å². The largest absolute Gasteiger partial charge is 0.361 e. The molecule has 26 heavy (non-hydrogen) atoms. The van der Waals surface area contributed by atoms with Gasteiger partial charge in [-0.3, -0.25) is 4.79 Å². The first-order valence-corrected chi connectivity index (χ1v) is 8.68. The first-order chi connectivity index (χ1) is 12.5. The minimum Gasteiger partial charge on any atom is -0.361 e. The average Bonchev–Trinajstić information content (AvgIpc) is 3.22. The van der Waals surface area contributed by atoms with E-state index in [2.05, 4.69) is 34.4 Å². The van der Waals surface area contributed by atoms with E-state index in [1.807, 2.05) is 32.0 Å². The lowest BCUT2D eigenvalue weighted by Gasteiger charge is -2.13. The molecular formula is C19H23N5O2. The number of hydrogen-bond donors (Lipinski definition) is 1. The number of aromatic nitrogens is 4. The molecule has 0 aliphatic carbocycles. The zero-order valence-corrected chi connectivity index (χ0v) is 15.4. The van der Waals surface area contributed by atoms with Gasteiger partial charge in [-0.2, -0.15) is 5.10 Å². The van der Waals surface area contributed by atoms with E-state index in [1.54, 1.807) is 23.1 Å². The molecule has 136 valence electrons. The summed E-state index contributed by atoms with van der Waals surface area (Å²) >= 11 is 0. The van der Waals surface area contributed by atoms with Gasteiger partial charge in [0.15, 0.2) is 11.5 Å². The number of carbonyl (C=O) groups is 1. The minimum atomic E-state index is -0.263. The molecule has 0 bridgehead atoms. The highest BCUT2D eigenvalue weighted by atomic mass is 16.5. The molecule has 0 aliphatic heterocycles. The van der Waals surface area contributed by atoms with Gasteiger partial charge in [0, 0.05) is 29.9 Å². The molecule has 1 N–H and O–H groups in total. The van der Waals surface area contributed by atoms with Crippen molar-refractivity contribution in [1.29, 1.82) is 0 Å². The second-order valence-corrected chi connectivity index (χ2v) is 6.76. The van der Waals surface area contributed by atoms with Gasteiger partial charge in [-0.05, 0) is 31.9 Å². The lowest BCUT2D eigenvalue weighted by Crippen LogP contribution is -2.27. The van der Waals surface area contributed by atoms with Crippen molar-refractivity contribution in [1.82, 2.24) is 25.2 Å². The molecular weight excluding hydrogens is 330 g/mol. The maximum atomic E-state index is 12.4. The zero-order valence-electron chi connectivity index (χ0n) is 15.4. The summed E-state index contributed by atoms with van der Waals surface area (Å²) < 4.78 is 6.99. The molecule has 3 rings (SSSR count). The topological polar surface area (TPSA) is 85.8 Å². The second-order valence-electron chi connectivity index (χ2n) is 6.76. The number of carbonyl (C=O) groups excluding carboxylic acids is 1. The van der Waals surface area contributed by atoms with Gasteiger partial charge in [0.05, 0.1) is 12.2 Å². The van der Waals surface area contributed by atoms with Crippen molar-refractivity contribution in [2.45, 2.75) is 40.2 Å². The van der Waals surface area contributed by atoms with Crippen LogP contribution in [0.5, 0.6) is 0 Å². The van der Waals surface area contributed by atoms with E-state index in [1.165, 1.54) is 0 Å². The van der Waals surface area contributed by atoms with Crippen LogP contribution >= 0.6 is 0 Å². The minimum absolute atomic E-state index is 0.217. The maximum absolute atomic E-state index is 12.4. The summed E-state index contributed by atoms with van der Waals surface area (Å²) in [4.78, 5) is 16.8. The lowest BCUT2D eigenvalue weighted by atomic mass is 10.1. The fraction of sp³-hybridized carbons (Fsp3) is 0.368. The summed E-state index contributed by atoms with van der Waals surface area (Å²) in [7, 11) is 0. The SMILES string of the molecule is Cc1c([C@@H](C)NC(=O)c2cc(CC(C)C)on2)cnn1-c1ccccn1. The van der Waals surface area contributed by atoms with E-state index in [-0.39, 0.29) is 11.9 Å². The van der Waals surface area contributed by atoms with Gasteiger partial charge in [0.25, 0.3) is 5.91 Å². The summed E-state index contributed by atoms with van der Waals surface area (Å²) in [6.45, 7) is 8.05. The van der Waals surface area contributed by atoms with E-state index in [0.29, 0.717) is 11.6 Å². The Morgan fingerprint density at radius 1 is 1.31 bits per heavy atom. The molecule has 0 spiro atoms. The summed E-state index contributed by atoms with van der Waals surface area (Å²) in [5.74, 6) is 1.64. The smallest absolute Gasteiger partial charge is 0.273 e. The molecule has 1 amide bonds. The number of hydrogen-bond acceptors (Lipinski definition) is 5. The van der Waals surface area contributed by atoms with Crippen molar-refractivity contribution in [3.8, 4) is 5.82 Å². The van der Waals surface area contributed by atoms with Crippen LogP contribution in [0.2, 0.25) is 0 Å². The van der Waals surface area contributed by atoms with E-state index < -0.39 is 0 Å². The third kappa shape index (κ3) is 3.82. The molecule has 1 atom stereocenters. The Kier molecular flexibility index (Phi) is 5.16. The number of amides is 1. The Hall–Kier alpha value is -2.96. The third-order valence-electron chi connectivity index (χ3n) is 4.13. The number of nitrogens with zero attached hydrogens (tertiary/aromatic N) is 4. The van der Waals surface area contributed by atoms with Crippen LogP contribution < -0.4 is 5.32 Å². The molecule has 7 nitrogen and oxygen atoms in total. The van der Waals surface area contributed by atoms with Gasteiger partial charge < -0.3 is 9.84 Å². The van der Waals surface area contributed by atoms with Crippen molar-refractivity contribution < 1.29 is 9.32 Å². The Balaban J connectivity index is 1.72. The van der Waals surface area contributed by atoms with Gasteiger partial charge >= 0.3 is 0 Å². The summed E-state index contributed by atoms with van der Waals surface area (Å²) in [6.07, 6.45) is 4.23. The van der Waals surface area contributed by atoms with Crippen LogP contribution in [0.25, 0.3) is 5.82 Å². The average molecular weight is 353 g/mol. The number of rotatable bonds is 6. The maximum Gasteiger partial charge on any atom is 0.273 e. The van der Waals surface area contributed by atoms with Crippen molar-refractivity contribution in [3.05, 3.63) is 59.4 Å². The van der Waals surface area contributed by atoms with E-state index in [9.17, 15) is 4.79 Å². The molecule has 0 aliphatic rings. The van der Waals surface area contributed by atoms with E-state index in [4.69, 9.17) is 4.52 Å². The molecule has 3 aromatic heterocycles. The molecule has 0 saturated carbocycles. The quantitative estimate of drug-likeness (QED) is 0.735. The van der Waals surface area contributed by atoms with E-state index in [0.717, 1.165) is 29.3 Å². The van der Waals surface area contributed by atoms with Crippen LogP contribution in [-0.2, 0) is 6.42 Å². The summed E-state index contributed by atoms with van der Waals surface area (Å²) in [5.41, 5.74) is 2.15. The first-order valence-electron chi connectivity index (χ1n) is 8.68. The second kappa shape index (κ2) is 7.51. The highest BCUT2D eigenvalue weighted by molar-refractivity contribution is 5.92. The van der Waals surface area contributed by atoms with Crippen LogP contribution in [0.1, 0.15) is 54.3 Å². The fourth-order valence-electron chi connectivity index (χ4n) is 2.82. The normalized spacial score (nSPS) is 12.3. The Bertz CT molecular complexity index is 882. The van der Waals surface area contributed by atoms with Crippen LogP contribution in [0.3, 0.4) is 0 Å². The Morgan fingerprint density at radius 3 is 2.81 bits per heavy atom. The predicted molar refractivity (Wildman–Crippen MR) is 97.0 cm³/mol. The van der Waals surface area contributed by atoms with Gasteiger partial charge in [-0.15, -0.1) is 0 Å². The van der Waals surface area contributed by atoms with Crippen molar-refractivity contribution in [2.24, 2.45) is 5.92 Å². The molecule has 3 aromatic rings. The summed E-state index contributed by atoms with van der Waals surface area (Å²) in [6, 6.07) is 7.14. The van der Waals surface area contributed by atoms with Crippen LogP contribution in [0.15, 0.2) is 41.2 Å². The predicted octanol–water partition coefficient (Wildman–Crippen LogP) is 3.25. The van der Waals surface area contributed by atoms with Crippen molar-refractivity contribution in [3.63, 3.8) is 0 Å². The lowest BCUT2D eigenvalue weighted by molar-refractivity contribution is 0.0930. The molecule has 3 heterocycles.